The highest BCUT2D eigenvalue weighted by molar-refractivity contribution is 6.30. The Balaban J connectivity index is 2.37. The van der Waals surface area contributed by atoms with Gasteiger partial charge in [-0.05, 0) is 37.1 Å². The predicted molar refractivity (Wildman–Crippen MR) is 83.3 cm³/mol. The molecule has 0 bridgehead atoms. The lowest BCUT2D eigenvalue weighted by Gasteiger charge is -2.17. The molecule has 1 atom stereocenters. The van der Waals surface area contributed by atoms with Gasteiger partial charge < -0.3 is 9.84 Å². The zero-order valence-electron chi connectivity index (χ0n) is 12.0. The van der Waals surface area contributed by atoms with Crippen LogP contribution in [0.2, 0.25) is 5.02 Å². The van der Waals surface area contributed by atoms with E-state index >= 15 is 0 Å². The van der Waals surface area contributed by atoms with E-state index in [0.29, 0.717) is 22.8 Å². The van der Waals surface area contributed by atoms with Gasteiger partial charge in [-0.1, -0.05) is 41.4 Å². The van der Waals surface area contributed by atoms with E-state index in [2.05, 4.69) is 0 Å². The Kier molecular flexibility index (Phi) is 4.86. The van der Waals surface area contributed by atoms with Crippen molar-refractivity contribution in [1.29, 1.82) is 0 Å². The van der Waals surface area contributed by atoms with Crippen LogP contribution in [0.4, 0.5) is 0 Å². The molecule has 21 heavy (non-hydrogen) atoms. The molecule has 3 nitrogen and oxygen atoms in total. The molecule has 0 heterocycles. The van der Waals surface area contributed by atoms with Crippen molar-refractivity contribution in [2.24, 2.45) is 0 Å². The molecule has 0 saturated carbocycles. The quantitative estimate of drug-likeness (QED) is 0.906. The van der Waals surface area contributed by atoms with E-state index in [1.54, 1.807) is 18.2 Å². The minimum absolute atomic E-state index is 0.395. The summed E-state index contributed by atoms with van der Waals surface area (Å²) in [5.41, 5.74) is 2.71. The number of carbonyl (C=O) groups is 1. The molecule has 2 aromatic carbocycles. The average Bonchev–Trinajstić information content (AvgIpc) is 2.46. The number of aryl methyl sites for hydroxylation is 1. The maximum Gasteiger partial charge on any atom is 0.311 e. The molecule has 0 fully saturated rings. The van der Waals surface area contributed by atoms with E-state index in [9.17, 15) is 9.90 Å². The number of hydrogen-bond acceptors (Lipinski definition) is 2. The highest BCUT2D eigenvalue weighted by Gasteiger charge is 2.24. The lowest BCUT2D eigenvalue weighted by molar-refractivity contribution is -0.138. The first kappa shape index (κ1) is 15.4. The fourth-order valence-corrected chi connectivity index (χ4v) is 2.45. The zero-order valence-corrected chi connectivity index (χ0v) is 12.7. The Hall–Kier alpha value is -2.00. The van der Waals surface area contributed by atoms with E-state index in [0.717, 1.165) is 11.1 Å². The SMILES string of the molecule is COc1ccc(Cl)cc1C(Cc1ccc(C)cc1)C(=O)O. The Bertz CT molecular complexity index is 635. The molecule has 0 aliphatic heterocycles. The zero-order chi connectivity index (χ0) is 15.4. The molecule has 2 aromatic rings. The largest absolute Gasteiger partial charge is 0.496 e. The summed E-state index contributed by atoms with van der Waals surface area (Å²) in [6.45, 7) is 2.00. The van der Waals surface area contributed by atoms with Gasteiger partial charge in [0.15, 0.2) is 0 Å². The van der Waals surface area contributed by atoms with Crippen LogP contribution in [0.1, 0.15) is 22.6 Å². The first-order chi connectivity index (χ1) is 10.0. The van der Waals surface area contributed by atoms with Gasteiger partial charge in [0.1, 0.15) is 5.75 Å². The van der Waals surface area contributed by atoms with Gasteiger partial charge in [-0.2, -0.15) is 0 Å². The van der Waals surface area contributed by atoms with E-state index in [4.69, 9.17) is 16.3 Å². The predicted octanol–water partition coefficient (Wildman–Crippen LogP) is 4.07. The van der Waals surface area contributed by atoms with Crippen molar-refractivity contribution in [3.63, 3.8) is 0 Å². The first-order valence-corrected chi connectivity index (χ1v) is 7.01. The van der Waals surface area contributed by atoms with Crippen LogP contribution in [0.25, 0.3) is 0 Å². The summed E-state index contributed by atoms with van der Waals surface area (Å²) < 4.78 is 5.27. The molecule has 0 aliphatic carbocycles. The van der Waals surface area contributed by atoms with E-state index in [1.165, 1.54) is 7.11 Å². The third-order valence-electron chi connectivity index (χ3n) is 3.43. The Labute approximate surface area is 129 Å². The van der Waals surface area contributed by atoms with Gasteiger partial charge in [0.25, 0.3) is 0 Å². The van der Waals surface area contributed by atoms with Crippen LogP contribution >= 0.6 is 11.6 Å². The second-order valence-electron chi connectivity index (χ2n) is 4.97. The minimum atomic E-state index is -0.892. The van der Waals surface area contributed by atoms with Crippen LogP contribution in [-0.2, 0) is 11.2 Å². The number of benzene rings is 2. The van der Waals surface area contributed by atoms with Crippen LogP contribution in [0.15, 0.2) is 42.5 Å². The van der Waals surface area contributed by atoms with Gasteiger partial charge in [-0.3, -0.25) is 4.79 Å². The Morgan fingerprint density at radius 3 is 2.48 bits per heavy atom. The summed E-state index contributed by atoms with van der Waals surface area (Å²) in [5.74, 6) is -1.04. The summed E-state index contributed by atoms with van der Waals surface area (Å²) in [6, 6.07) is 12.9. The molecular weight excluding hydrogens is 288 g/mol. The fourth-order valence-electron chi connectivity index (χ4n) is 2.27. The smallest absolute Gasteiger partial charge is 0.311 e. The van der Waals surface area contributed by atoms with E-state index < -0.39 is 11.9 Å². The van der Waals surface area contributed by atoms with Crippen molar-refractivity contribution >= 4 is 17.6 Å². The molecule has 2 rings (SSSR count). The van der Waals surface area contributed by atoms with Crippen LogP contribution in [0, 0.1) is 6.92 Å². The van der Waals surface area contributed by atoms with Gasteiger partial charge >= 0.3 is 5.97 Å². The number of aliphatic carboxylic acids is 1. The molecule has 110 valence electrons. The molecule has 1 unspecified atom stereocenters. The van der Waals surface area contributed by atoms with E-state index in [1.807, 2.05) is 31.2 Å². The highest BCUT2D eigenvalue weighted by atomic mass is 35.5. The van der Waals surface area contributed by atoms with Crippen molar-refractivity contribution in [2.75, 3.05) is 7.11 Å². The van der Waals surface area contributed by atoms with Gasteiger partial charge in [-0.25, -0.2) is 0 Å². The number of carboxylic acids is 1. The number of methoxy groups -OCH3 is 1. The average molecular weight is 305 g/mol. The van der Waals surface area contributed by atoms with Crippen LogP contribution < -0.4 is 4.74 Å². The van der Waals surface area contributed by atoms with Crippen LogP contribution in [0.5, 0.6) is 5.75 Å². The number of rotatable bonds is 5. The molecule has 0 radical (unpaired) electrons. The summed E-state index contributed by atoms with van der Waals surface area (Å²) >= 11 is 6.00. The number of halogens is 1. The maximum absolute atomic E-state index is 11.7. The minimum Gasteiger partial charge on any atom is -0.496 e. The second-order valence-corrected chi connectivity index (χ2v) is 5.40. The van der Waals surface area contributed by atoms with Crippen molar-refractivity contribution < 1.29 is 14.6 Å². The number of ether oxygens (including phenoxy) is 1. The Morgan fingerprint density at radius 2 is 1.90 bits per heavy atom. The third-order valence-corrected chi connectivity index (χ3v) is 3.66. The molecule has 0 amide bonds. The maximum atomic E-state index is 11.7. The lowest BCUT2D eigenvalue weighted by Crippen LogP contribution is -2.15. The summed E-state index contributed by atoms with van der Waals surface area (Å²) in [6.07, 6.45) is 0.395. The number of carboxylic acid groups (broad SMARTS) is 1. The normalized spacial score (nSPS) is 12.0. The van der Waals surface area contributed by atoms with Gasteiger partial charge in [0.05, 0.1) is 13.0 Å². The van der Waals surface area contributed by atoms with Gasteiger partial charge in [-0.15, -0.1) is 0 Å². The molecular formula is C17H17ClO3. The molecule has 0 spiro atoms. The fraction of sp³-hybridized carbons (Fsp3) is 0.235. The van der Waals surface area contributed by atoms with Gasteiger partial charge in [0.2, 0.25) is 0 Å². The monoisotopic (exact) mass is 304 g/mol. The van der Waals surface area contributed by atoms with Crippen LogP contribution in [-0.4, -0.2) is 18.2 Å². The third kappa shape index (κ3) is 3.76. The standard InChI is InChI=1S/C17H17ClO3/c1-11-3-5-12(6-4-11)9-15(17(19)20)14-10-13(18)7-8-16(14)21-2/h3-8,10,15H,9H2,1-2H3,(H,19,20). The Morgan fingerprint density at radius 1 is 1.24 bits per heavy atom. The molecule has 4 heteroatoms. The van der Waals surface area contributed by atoms with Crippen molar-refractivity contribution in [3.05, 3.63) is 64.2 Å². The van der Waals surface area contributed by atoms with Crippen molar-refractivity contribution in [3.8, 4) is 5.75 Å². The topological polar surface area (TPSA) is 46.5 Å². The van der Waals surface area contributed by atoms with Gasteiger partial charge in [0, 0.05) is 10.6 Å². The molecule has 0 aliphatic rings. The van der Waals surface area contributed by atoms with Crippen molar-refractivity contribution in [2.45, 2.75) is 19.3 Å². The molecule has 0 aromatic heterocycles. The van der Waals surface area contributed by atoms with Crippen molar-refractivity contribution in [1.82, 2.24) is 0 Å². The second kappa shape index (κ2) is 6.64. The molecule has 0 saturated heterocycles. The van der Waals surface area contributed by atoms with E-state index in [-0.39, 0.29) is 0 Å². The summed E-state index contributed by atoms with van der Waals surface area (Å²) in [5, 5.41) is 10.1. The number of hydrogen-bond donors (Lipinski definition) is 1. The highest BCUT2D eigenvalue weighted by Crippen LogP contribution is 2.32. The lowest BCUT2D eigenvalue weighted by atomic mass is 9.91. The summed E-state index contributed by atoms with van der Waals surface area (Å²) in [4.78, 5) is 11.7. The first-order valence-electron chi connectivity index (χ1n) is 6.63. The molecule has 1 N–H and O–H groups in total. The van der Waals surface area contributed by atoms with Crippen LogP contribution in [0.3, 0.4) is 0 Å². The summed E-state index contributed by atoms with van der Waals surface area (Å²) in [7, 11) is 1.53.